The van der Waals surface area contributed by atoms with E-state index in [1.54, 1.807) is 41.6 Å². The van der Waals surface area contributed by atoms with Crippen LogP contribution in [0.2, 0.25) is 0 Å². The number of aryl methyl sites for hydroxylation is 1. The van der Waals surface area contributed by atoms with Crippen LogP contribution >= 0.6 is 0 Å². The first-order valence-electron chi connectivity index (χ1n) is 9.48. The molecule has 1 saturated heterocycles. The van der Waals surface area contributed by atoms with Gasteiger partial charge >= 0.3 is 0 Å². The molecule has 0 spiro atoms. The zero-order valence-corrected chi connectivity index (χ0v) is 17.4. The van der Waals surface area contributed by atoms with Gasteiger partial charge in [0.1, 0.15) is 0 Å². The van der Waals surface area contributed by atoms with E-state index in [9.17, 15) is 13.2 Å². The zero-order valence-electron chi connectivity index (χ0n) is 16.6. The van der Waals surface area contributed by atoms with Gasteiger partial charge in [-0.25, -0.2) is 8.42 Å². The molecule has 1 fully saturated rings. The summed E-state index contributed by atoms with van der Waals surface area (Å²) in [6, 6.07) is 12.3. The third kappa shape index (κ3) is 4.36. The van der Waals surface area contributed by atoms with E-state index in [4.69, 9.17) is 0 Å². The van der Waals surface area contributed by atoms with Crippen molar-refractivity contribution >= 4 is 27.3 Å². The number of piperidine rings is 1. The summed E-state index contributed by atoms with van der Waals surface area (Å²) in [6.45, 7) is 2.88. The Hall–Kier alpha value is -2.38. The lowest BCUT2D eigenvalue weighted by Crippen LogP contribution is -2.36. The van der Waals surface area contributed by atoms with Crippen molar-refractivity contribution in [2.24, 2.45) is 0 Å². The van der Waals surface area contributed by atoms with E-state index in [0.29, 0.717) is 29.9 Å². The molecule has 1 aliphatic heterocycles. The summed E-state index contributed by atoms with van der Waals surface area (Å²) in [6.07, 6.45) is 2.83. The Kier molecular flexibility index (Phi) is 6.05. The lowest BCUT2D eigenvalue weighted by molar-refractivity contribution is 0.102. The summed E-state index contributed by atoms with van der Waals surface area (Å²) in [7, 11) is 0.265. The molecule has 1 aliphatic rings. The number of benzene rings is 2. The molecule has 2 aromatic carbocycles. The molecule has 0 atom stereocenters. The molecule has 0 unspecified atom stereocenters. The second-order valence-corrected chi connectivity index (χ2v) is 9.25. The molecule has 0 aromatic heterocycles. The van der Waals surface area contributed by atoms with Crippen LogP contribution in [0.25, 0.3) is 0 Å². The maximum atomic E-state index is 13.0. The molecule has 1 amide bonds. The number of nitrogens with one attached hydrogen (secondary N) is 1. The van der Waals surface area contributed by atoms with Gasteiger partial charge in [0.05, 0.1) is 4.90 Å². The Morgan fingerprint density at radius 1 is 1.04 bits per heavy atom. The molecule has 1 N–H and O–H groups in total. The van der Waals surface area contributed by atoms with Gasteiger partial charge in [-0.3, -0.25) is 4.79 Å². The number of carbonyl (C=O) groups excluding carboxylic acids is 1. The van der Waals surface area contributed by atoms with Crippen molar-refractivity contribution in [3.63, 3.8) is 0 Å². The van der Waals surface area contributed by atoms with Crippen LogP contribution in [0.15, 0.2) is 47.4 Å². The van der Waals surface area contributed by atoms with Crippen LogP contribution in [-0.4, -0.2) is 45.8 Å². The van der Waals surface area contributed by atoms with Gasteiger partial charge in [0.25, 0.3) is 5.91 Å². The smallest absolute Gasteiger partial charge is 0.255 e. The first-order chi connectivity index (χ1) is 13.3. The maximum absolute atomic E-state index is 13.0. The van der Waals surface area contributed by atoms with Crippen LogP contribution in [0.4, 0.5) is 11.4 Å². The SMILES string of the molecule is Cc1ccc(NC(=O)c2cccc(N(C)C)c2)cc1S(=O)(=O)N1CCCCC1. The van der Waals surface area contributed by atoms with E-state index in [-0.39, 0.29) is 10.8 Å². The van der Waals surface area contributed by atoms with Gasteiger partial charge in [0.2, 0.25) is 10.0 Å². The van der Waals surface area contributed by atoms with Gasteiger partial charge in [0.15, 0.2) is 0 Å². The van der Waals surface area contributed by atoms with Crippen LogP contribution in [0.1, 0.15) is 35.2 Å². The maximum Gasteiger partial charge on any atom is 0.255 e. The third-order valence-electron chi connectivity index (χ3n) is 5.00. The molecule has 28 heavy (non-hydrogen) atoms. The Morgan fingerprint density at radius 3 is 2.43 bits per heavy atom. The highest BCUT2D eigenvalue weighted by atomic mass is 32.2. The first kappa shape index (κ1) is 20.4. The Balaban J connectivity index is 1.85. The summed E-state index contributed by atoms with van der Waals surface area (Å²) in [4.78, 5) is 14.8. The molecule has 7 heteroatoms. The summed E-state index contributed by atoms with van der Waals surface area (Å²) in [5.74, 6) is -0.270. The fourth-order valence-corrected chi connectivity index (χ4v) is 5.10. The number of amides is 1. The van der Waals surface area contributed by atoms with E-state index < -0.39 is 10.0 Å². The molecule has 1 heterocycles. The van der Waals surface area contributed by atoms with Gasteiger partial charge in [-0.1, -0.05) is 18.6 Å². The van der Waals surface area contributed by atoms with Crippen molar-refractivity contribution in [3.8, 4) is 0 Å². The molecule has 6 nitrogen and oxygen atoms in total. The van der Waals surface area contributed by atoms with Crippen LogP contribution in [0.3, 0.4) is 0 Å². The van der Waals surface area contributed by atoms with Crippen molar-refractivity contribution in [2.45, 2.75) is 31.1 Å². The fraction of sp³-hybridized carbons (Fsp3) is 0.381. The molecule has 150 valence electrons. The summed E-state index contributed by atoms with van der Waals surface area (Å²) < 4.78 is 27.6. The van der Waals surface area contributed by atoms with Crippen LogP contribution < -0.4 is 10.2 Å². The number of rotatable bonds is 5. The lowest BCUT2D eigenvalue weighted by Gasteiger charge is -2.26. The molecule has 2 aromatic rings. The molecular formula is C21H27N3O3S. The minimum atomic E-state index is -3.56. The van der Waals surface area contributed by atoms with E-state index in [2.05, 4.69) is 5.32 Å². The second-order valence-electron chi connectivity index (χ2n) is 7.34. The highest BCUT2D eigenvalue weighted by molar-refractivity contribution is 7.89. The number of anilines is 2. The predicted molar refractivity (Wildman–Crippen MR) is 113 cm³/mol. The van der Waals surface area contributed by atoms with Crippen LogP contribution in [0.5, 0.6) is 0 Å². The van der Waals surface area contributed by atoms with E-state index in [1.165, 1.54) is 0 Å². The van der Waals surface area contributed by atoms with Crippen LogP contribution in [0, 0.1) is 6.92 Å². The van der Waals surface area contributed by atoms with Crippen molar-refractivity contribution < 1.29 is 13.2 Å². The van der Waals surface area contributed by atoms with Gasteiger partial charge in [-0.15, -0.1) is 0 Å². The molecule has 0 radical (unpaired) electrons. The number of hydrogen-bond acceptors (Lipinski definition) is 4. The molecule has 0 saturated carbocycles. The fourth-order valence-electron chi connectivity index (χ4n) is 3.33. The van der Waals surface area contributed by atoms with Crippen molar-refractivity contribution in [3.05, 3.63) is 53.6 Å². The van der Waals surface area contributed by atoms with Crippen molar-refractivity contribution in [1.29, 1.82) is 0 Å². The minimum Gasteiger partial charge on any atom is -0.378 e. The van der Waals surface area contributed by atoms with Gasteiger partial charge < -0.3 is 10.2 Å². The average molecular weight is 402 g/mol. The van der Waals surface area contributed by atoms with Crippen molar-refractivity contribution in [1.82, 2.24) is 4.31 Å². The Morgan fingerprint density at radius 2 is 1.75 bits per heavy atom. The second kappa shape index (κ2) is 8.32. The number of sulfonamides is 1. The highest BCUT2D eigenvalue weighted by Gasteiger charge is 2.27. The number of carbonyl (C=O) groups is 1. The molecule has 0 aliphatic carbocycles. The summed E-state index contributed by atoms with van der Waals surface area (Å²) in [5, 5.41) is 2.83. The quantitative estimate of drug-likeness (QED) is 0.833. The lowest BCUT2D eigenvalue weighted by atomic mass is 10.1. The van der Waals surface area contributed by atoms with Gasteiger partial charge in [0, 0.05) is 44.1 Å². The summed E-state index contributed by atoms with van der Waals surface area (Å²) >= 11 is 0. The van der Waals surface area contributed by atoms with Gasteiger partial charge in [-0.05, 0) is 55.7 Å². The third-order valence-corrected chi connectivity index (χ3v) is 7.04. The van der Waals surface area contributed by atoms with Crippen LogP contribution in [-0.2, 0) is 10.0 Å². The predicted octanol–water partition coefficient (Wildman–Crippen LogP) is 3.49. The minimum absolute atomic E-state index is 0.259. The molecule has 3 rings (SSSR count). The number of hydrogen-bond donors (Lipinski definition) is 1. The number of nitrogens with zero attached hydrogens (tertiary/aromatic N) is 2. The largest absolute Gasteiger partial charge is 0.378 e. The van der Waals surface area contributed by atoms with E-state index >= 15 is 0 Å². The molecular weight excluding hydrogens is 374 g/mol. The highest BCUT2D eigenvalue weighted by Crippen LogP contribution is 2.26. The van der Waals surface area contributed by atoms with E-state index in [1.807, 2.05) is 31.1 Å². The van der Waals surface area contributed by atoms with Crippen molar-refractivity contribution in [2.75, 3.05) is 37.4 Å². The van der Waals surface area contributed by atoms with Gasteiger partial charge in [-0.2, -0.15) is 4.31 Å². The standard InChI is InChI=1S/C21H27N3O3S/c1-16-10-11-18(15-20(16)28(26,27)24-12-5-4-6-13-24)22-21(25)17-8-7-9-19(14-17)23(2)3/h7-11,14-15H,4-6,12-13H2,1-3H3,(H,22,25). The normalized spacial score (nSPS) is 15.2. The average Bonchev–Trinajstić information content (AvgIpc) is 2.70. The first-order valence-corrected chi connectivity index (χ1v) is 10.9. The topological polar surface area (TPSA) is 69.7 Å². The monoisotopic (exact) mass is 401 g/mol. The Labute approximate surface area is 167 Å². The summed E-state index contributed by atoms with van der Waals surface area (Å²) in [5.41, 5.74) is 2.59. The molecule has 0 bridgehead atoms. The zero-order chi connectivity index (χ0) is 20.3. The van der Waals surface area contributed by atoms with E-state index in [0.717, 1.165) is 24.9 Å². The Bertz CT molecular complexity index is 965.